The Labute approximate surface area is 180 Å². The lowest BCUT2D eigenvalue weighted by atomic mass is 9.98. The van der Waals surface area contributed by atoms with Crippen LogP contribution in [0, 0.1) is 0 Å². The molecule has 1 unspecified atom stereocenters. The van der Waals surface area contributed by atoms with E-state index in [1.165, 1.54) is 0 Å². The van der Waals surface area contributed by atoms with Crippen molar-refractivity contribution in [2.75, 3.05) is 31.2 Å². The highest BCUT2D eigenvalue weighted by molar-refractivity contribution is 7.89. The van der Waals surface area contributed by atoms with E-state index in [2.05, 4.69) is 15.5 Å². The molecule has 0 amide bonds. The zero-order chi connectivity index (χ0) is 22.2. The topological polar surface area (TPSA) is 102 Å². The highest BCUT2D eigenvalue weighted by atomic mass is 32.2. The van der Waals surface area contributed by atoms with Crippen molar-refractivity contribution < 1.29 is 21.6 Å². The van der Waals surface area contributed by atoms with E-state index in [1.807, 2.05) is 51.1 Å². The van der Waals surface area contributed by atoms with Crippen LogP contribution in [0.1, 0.15) is 45.1 Å². The molecular weight excluding hydrogens is 424 g/mol. The third-order valence-electron chi connectivity index (χ3n) is 4.65. The number of sulfonamides is 2. The van der Waals surface area contributed by atoms with Crippen LogP contribution in [0.25, 0.3) is 10.8 Å². The summed E-state index contributed by atoms with van der Waals surface area (Å²) in [5.41, 5.74) is 1.06. The predicted octanol–water partition coefficient (Wildman–Crippen LogP) is 2.98. The van der Waals surface area contributed by atoms with Crippen molar-refractivity contribution in [3.05, 3.63) is 42.0 Å². The number of rotatable bonds is 13. The number of benzene rings is 2. The van der Waals surface area contributed by atoms with Crippen molar-refractivity contribution >= 4 is 30.8 Å². The third-order valence-corrected chi connectivity index (χ3v) is 7.79. The number of hydrogen-bond acceptors (Lipinski definition) is 5. The van der Waals surface area contributed by atoms with Gasteiger partial charge in [-0.2, -0.15) is 0 Å². The van der Waals surface area contributed by atoms with Crippen molar-refractivity contribution in [2.45, 2.75) is 39.5 Å². The smallest absolute Gasteiger partial charge is 0.211 e. The van der Waals surface area contributed by atoms with Gasteiger partial charge in [-0.25, -0.2) is 26.3 Å². The average molecular weight is 457 g/mol. The summed E-state index contributed by atoms with van der Waals surface area (Å²) in [5, 5.41) is 2.04. The van der Waals surface area contributed by atoms with Crippen LogP contribution in [0.5, 0.6) is 5.75 Å². The fourth-order valence-corrected chi connectivity index (χ4v) is 5.32. The Morgan fingerprint density at radius 2 is 1.47 bits per heavy atom. The highest BCUT2D eigenvalue weighted by Gasteiger charge is 2.13. The van der Waals surface area contributed by atoms with Crippen LogP contribution >= 0.6 is 0 Å². The van der Waals surface area contributed by atoms with Gasteiger partial charge in [0.25, 0.3) is 0 Å². The average Bonchev–Trinajstić information content (AvgIpc) is 2.69. The summed E-state index contributed by atoms with van der Waals surface area (Å²) in [6.45, 7) is 6.50. The lowest BCUT2D eigenvalue weighted by Gasteiger charge is -2.14. The van der Waals surface area contributed by atoms with Crippen molar-refractivity contribution in [3.8, 4) is 5.75 Å². The fraction of sp³-hybridized carbons (Fsp3) is 0.524. The SMILES string of the molecule is CCCS(=O)(=O)NCCOc1ccc2cc(C(C)CNS(=O)(=O)CCC)ccc2c1. The number of hydrogen-bond donors (Lipinski definition) is 2. The molecule has 0 fully saturated rings. The monoisotopic (exact) mass is 456 g/mol. The van der Waals surface area contributed by atoms with Crippen molar-refractivity contribution in [3.63, 3.8) is 0 Å². The second-order valence-corrected chi connectivity index (χ2v) is 11.3. The zero-order valence-electron chi connectivity index (χ0n) is 17.8. The maximum atomic E-state index is 11.8. The van der Waals surface area contributed by atoms with E-state index < -0.39 is 20.0 Å². The van der Waals surface area contributed by atoms with Gasteiger partial charge in [0.1, 0.15) is 12.4 Å². The molecule has 0 heterocycles. The van der Waals surface area contributed by atoms with Crippen LogP contribution in [0.4, 0.5) is 0 Å². The minimum Gasteiger partial charge on any atom is -0.492 e. The van der Waals surface area contributed by atoms with E-state index in [1.54, 1.807) is 0 Å². The van der Waals surface area contributed by atoms with Gasteiger partial charge < -0.3 is 4.74 Å². The molecule has 0 aromatic heterocycles. The van der Waals surface area contributed by atoms with E-state index in [0.29, 0.717) is 25.1 Å². The molecule has 9 heteroatoms. The van der Waals surface area contributed by atoms with Gasteiger partial charge in [0, 0.05) is 13.1 Å². The standard InChI is InChI=1S/C21H32N2O5S2/c1-4-12-29(24,25)22-10-11-28-21-9-8-19-14-18(6-7-20(19)15-21)17(3)16-23-30(26,27)13-5-2/h6-9,14-15,17,22-23H,4-5,10-13,16H2,1-3H3. The van der Waals surface area contributed by atoms with Gasteiger partial charge in [-0.05, 0) is 47.2 Å². The first kappa shape index (κ1) is 24.6. The molecular formula is C21H32N2O5S2. The molecule has 7 nitrogen and oxygen atoms in total. The summed E-state index contributed by atoms with van der Waals surface area (Å²) in [4.78, 5) is 0. The Balaban J connectivity index is 1.95. The van der Waals surface area contributed by atoms with Crippen LogP contribution in [0.2, 0.25) is 0 Å². The first-order chi connectivity index (χ1) is 14.2. The molecule has 2 rings (SSSR count). The Bertz CT molecular complexity index is 1040. The van der Waals surface area contributed by atoms with Gasteiger partial charge in [0.05, 0.1) is 11.5 Å². The molecule has 0 saturated heterocycles. The molecule has 0 radical (unpaired) electrons. The second kappa shape index (κ2) is 11.1. The molecule has 0 spiro atoms. The summed E-state index contributed by atoms with van der Waals surface area (Å²) in [6, 6.07) is 11.7. The van der Waals surface area contributed by atoms with Crippen molar-refractivity contribution in [1.82, 2.24) is 9.44 Å². The van der Waals surface area contributed by atoms with Crippen LogP contribution in [-0.2, 0) is 20.0 Å². The minimum absolute atomic E-state index is 0.0492. The molecule has 0 saturated carbocycles. The lowest BCUT2D eigenvalue weighted by Crippen LogP contribution is -2.30. The Hall–Kier alpha value is -1.68. The number of fused-ring (bicyclic) bond motifs is 1. The van der Waals surface area contributed by atoms with E-state index >= 15 is 0 Å². The Kier molecular flexibility index (Phi) is 9.09. The Morgan fingerprint density at radius 3 is 2.13 bits per heavy atom. The predicted molar refractivity (Wildman–Crippen MR) is 122 cm³/mol. The third kappa shape index (κ3) is 7.86. The molecule has 2 aromatic carbocycles. The molecule has 2 N–H and O–H groups in total. The fourth-order valence-electron chi connectivity index (χ4n) is 3.06. The Morgan fingerprint density at radius 1 is 0.867 bits per heavy atom. The van der Waals surface area contributed by atoms with E-state index in [4.69, 9.17) is 4.74 Å². The molecule has 168 valence electrons. The van der Waals surface area contributed by atoms with Crippen molar-refractivity contribution in [1.29, 1.82) is 0 Å². The second-order valence-electron chi connectivity index (χ2n) is 7.40. The lowest BCUT2D eigenvalue weighted by molar-refractivity contribution is 0.323. The molecule has 30 heavy (non-hydrogen) atoms. The van der Waals surface area contributed by atoms with Gasteiger partial charge in [-0.1, -0.05) is 45.0 Å². The summed E-state index contributed by atoms with van der Waals surface area (Å²) >= 11 is 0. The van der Waals surface area contributed by atoms with Crippen LogP contribution < -0.4 is 14.2 Å². The van der Waals surface area contributed by atoms with E-state index in [-0.39, 0.29) is 30.6 Å². The first-order valence-electron chi connectivity index (χ1n) is 10.3. The van der Waals surface area contributed by atoms with Crippen LogP contribution in [0.3, 0.4) is 0 Å². The molecule has 0 aliphatic heterocycles. The molecule has 0 bridgehead atoms. The van der Waals surface area contributed by atoms with Crippen molar-refractivity contribution in [2.24, 2.45) is 0 Å². The zero-order valence-corrected chi connectivity index (χ0v) is 19.5. The number of nitrogens with one attached hydrogen (secondary N) is 2. The van der Waals surface area contributed by atoms with E-state index in [0.717, 1.165) is 16.3 Å². The first-order valence-corrected chi connectivity index (χ1v) is 13.6. The van der Waals surface area contributed by atoms with Gasteiger partial charge in [0.2, 0.25) is 20.0 Å². The molecule has 2 aromatic rings. The summed E-state index contributed by atoms with van der Waals surface area (Å²) < 4.78 is 57.8. The minimum atomic E-state index is -3.22. The summed E-state index contributed by atoms with van der Waals surface area (Å²) in [7, 11) is -6.44. The van der Waals surface area contributed by atoms with Crippen LogP contribution in [0.15, 0.2) is 36.4 Å². The maximum Gasteiger partial charge on any atom is 0.211 e. The quantitative estimate of drug-likeness (QED) is 0.451. The molecule has 1 atom stereocenters. The summed E-state index contributed by atoms with van der Waals surface area (Å²) in [5.74, 6) is 0.975. The normalized spacial score (nSPS) is 13.4. The van der Waals surface area contributed by atoms with Crippen LogP contribution in [-0.4, -0.2) is 48.0 Å². The number of ether oxygens (including phenoxy) is 1. The van der Waals surface area contributed by atoms with Gasteiger partial charge in [0.15, 0.2) is 0 Å². The highest BCUT2D eigenvalue weighted by Crippen LogP contribution is 2.25. The van der Waals surface area contributed by atoms with Gasteiger partial charge in [-0.3, -0.25) is 0 Å². The summed E-state index contributed by atoms with van der Waals surface area (Å²) in [6.07, 6.45) is 1.17. The van der Waals surface area contributed by atoms with Gasteiger partial charge in [-0.15, -0.1) is 0 Å². The largest absolute Gasteiger partial charge is 0.492 e. The van der Waals surface area contributed by atoms with Gasteiger partial charge >= 0.3 is 0 Å². The molecule has 0 aliphatic carbocycles. The van der Waals surface area contributed by atoms with E-state index in [9.17, 15) is 16.8 Å². The molecule has 0 aliphatic rings. The maximum absolute atomic E-state index is 11.8.